The Morgan fingerprint density at radius 3 is 2.79 bits per heavy atom. The lowest BCUT2D eigenvalue weighted by atomic mass is 9.97. The maximum absolute atomic E-state index is 13.7. The van der Waals surface area contributed by atoms with Crippen LogP contribution >= 0.6 is 0 Å². The van der Waals surface area contributed by atoms with Crippen molar-refractivity contribution >= 4 is 0 Å². The van der Waals surface area contributed by atoms with Crippen LogP contribution in [0.15, 0.2) is 18.2 Å². The highest BCUT2D eigenvalue weighted by Crippen LogP contribution is 2.20. The Kier molecular flexibility index (Phi) is 4.89. The van der Waals surface area contributed by atoms with Gasteiger partial charge in [-0.1, -0.05) is 0 Å². The van der Waals surface area contributed by atoms with Crippen molar-refractivity contribution in [2.24, 2.45) is 5.92 Å². The third-order valence-electron chi connectivity index (χ3n) is 3.68. The van der Waals surface area contributed by atoms with Gasteiger partial charge in [0.1, 0.15) is 5.82 Å². The van der Waals surface area contributed by atoms with Crippen LogP contribution in [0, 0.1) is 23.1 Å². The molecule has 1 aliphatic rings. The Morgan fingerprint density at radius 2 is 2.16 bits per heavy atom. The Labute approximate surface area is 113 Å². The van der Waals surface area contributed by atoms with E-state index in [4.69, 9.17) is 10.00 Å². The van der Waals surface area contributed by atoms with Crippen molar-refractivity contribution in [3.8, 4) is 6.07 Å². The highest BCUT2D eigenvalue weighted by molar-refractivity contribution is 5.33. The van der Waals surface area contributed by atoms with Gasteiger partial charge in [0.05, 0.1) is 11.6 Å². The maximum Gasteiger partial charge on any atom is 0.127 e. The zero-order valence-electron chi connectivity index (χ0n) is 11.2. The predicted octanol–water partition coefficient (Wildman–Crippen LogP) is 2.56. The number of halogens is 1. The molecule has 0 spiro atoms. The number of nitrogens with zero attached hydrogens (tertiary/aromatic N) is 2. The Morgan fingerprint density at radius 1 is 1.42 bits per heavy atom. The summed E-state index contributed by atoms with van der Waals surface area (Å²) in [5, 5.41) is 8.85. The van der Waals surface area contributed by atoms with Crippen LogP contribution in [0.5, 0.6) is 0 Å². The highest BCUT2D eigenvalue weighted by Gasteiger charge is 2.19. The highest BCUT2D eigenvalue weighted by atomic mass is 19.1. The average molecular weight is 262 g/mol. The summed E-state index contributed by atoms with van der Waals surface area (Å²) in [4.78, 5) is 2.24. The molecular formula is C15H19FN2O. The van der Waals surface area contributed by atoms with Crippen molar-refractivity contribution in [1.29, 1.82) is 5.26 Å². The van der Waals surface area contributed by atoms with E-state index in [-0.39, 0.29) is 5.82 Å². The molecule has 0 atom stereocenters. The van der Waals surface area contributed by atoms with E-state index in [0.717, 1.165) is 32.5 Å². The summed E-state index contributed by atoms with van der Waals surface area (Å²) in [6.45, 7) is 3.32. The molecule has 19 heavy (non-hydrogen) atoms. The molecule has 0 unspecified atom stereocenters. The van der Waals surface area contributed by atoms with Gasteiger partial charge in [0, 0.05) is 25.8 Å². The molecule has 1 heterocycles. The van der Waals surface area contributed by atoms with Gasteiger partial charge >= 0.3 is 0 Å². The number of nitriles is 1. The molecule has 0 amide bonds. The molecule has 0 aliphatic carbocycles. The van der Waals surface area contributed by atoms with E-state index in [2.05, 4.69) is 11.0 Å². The minimum absolute atomic E-state index is 0.224. The van der Waals surface area contributed by atoms with Crippen LogP contribution in [0.3, 0.4) is 0 Å². The molecule has 1 aliphatic heterocycles. The molecule has 0 N–H and O–H groups in total. The van der Waals surface area contributed by atoms with Crippen LogP contribution in [-0.4, -0.2) is 31.7 Å². The minimum atomic E-state index is -0.224. The monoisotopic (exact) mass is 262 g/mol. The third-order valence-corrected chi connectivity index (χ3v) is 3.68. The summed E-state index contributed by atoms with van der Waals surface area (Å²) in [6, 6.07) is 6.60. The van der Waals surface area contributed by atoms with E-state index in [1.54, 1.807) is 13.2 Å². The molecule has 0 aromatic heterocycles. The summed E-state index contributed by atoms with van der Waals surface area (Å²) in [7, 11) is 1.73. The minimum Gasteiger partial charge on any atom is -0.384 e. The van der Waals surface area contributed by atoms with Gasteiger partial charge in [-0.3, -0.25) is 4.90 Å². The number of hydrogen-bond acceptors (Lipinski definition) is 3. The quantitative estimate of drug-likeness (QED) is 0.836. The molecule has 1 saturated heterocycles. The van der Waals surface area contributed by atoms with Crippen LogP contribution in [0.1, 0.15) is 24.0 Å². The first-order valence-corrected chi connectivity index (χ1v) is 6.62. The molecule has 2 rings (SSSR count). The lowest BCUT2D eigenvalue weighted by molar-refractivity contribution is 0.0964. The molecule has 0 radical (unpaired) electrons. The van der Waals surface area contributed by atoms with Gasteiger partial charge in [-0.15, -0.1) is 0 Å². The largest absolute Gasteiger partial charge is 0.384 e. The lowest BCUT2D eigenvalue weighted by Crippen LogP contribution is -2.34. The second-order valence-electron chi connectivity index (χ2n) is 5.09. The summed E-state index contributed by atoms with van der Waals surface area (Å²) >= 11 is 0. The van der Waals surface area contributed by atoms with Gasteiger partial charge in [-0.05, 0) is 50.0 Å². The Bertz CT molecular complexity index is 462. The zero-order chi connectivity index (χ0) is 13.7. The second-order valence-corrected chi connectivity index (χ2v) is 5.09. The standard InChI is InChI=1S/C15H19FN2O/c1-19-11-12-4-6-18(7-5-12)10-14-8-13(9-17)2-3-15(14)16/h2-3,8,12H,4-7,10-11H2,1H3. The van der Waals surface area contributed by atoms with E-state index in [0.29, 0.717) is 23.6 Å². The smallest absolute Gasteiger partial charge is 0.127 e. The normalized spacial score (nSPS) is 17.3. The number of rotatable bonds is 4. The van der Waals surface area contributed by atoms with Crippen molar-refractivity contribution in [3.63, 3.8) is 0 Å². The number of methoxy groups -OCH3 is 1. The summed E-state index contributed by atoms with van der Waals surface area (Å²) in [5.74, 6) is 0.398. The molecular weight excluding hydrogens is 243 g/mol. The van der Waals surface area contributed by atoms with Crippen LogP contribution in [0.2, 0.25) is 0 Å². The first kappa shape index (κ1) is 14.0. The fourth-order valence-electron chi connectivity index (χ4n) is 2.55. The van der Waals surface area contributed by atoms with Crippen molar-refractivity contribution < 1.29 is 9.13 Å². The van der Waals surface area contributed by atoms with Crippen molar-refractivity contribution in [2.75, 3.05) is 26.8 Å². The number of piperidine rings is 1. The van der Waals surface area contributed by atoms with E-state index < -0.39 is 0 Å². The van der Waals surface area contributed by atoms with Crippen LogP contribution < -0.4 is 0 Å². The maximum atomic E-state index is 13.7. The number of hydrogen-bond donors (Lipinski definition) is 0. The number of ether oxygens (including phenoxy) is 1. The van der Waals surface area contributed by atoms with Gasteiger partial charge in [-0.25, -0.2) is 4.39 Å². The van der Waals surface area contributed by atoms with Crippen molar-refractivity contribution in [1.82, 2.24) is 4.90 Å². The lowest BCUT2D eigenvalue weighted by Gasteiger charge is -2.31. The fraction of sp³-hybridized carbons (Fsp3) is 0.533. The van der Waals surface area contributed by atoms with Crippen LogP contribution in [0.4, 0.5) is 4.39 Å². The molecule has 1 aromatic carbocycles. The topological polar surface area (TPSA) is 36.3 Å². The van der Waals surface area contributed by atoms with Gasteiger partial charge in [0.25, 0.3) is 0 Å². The van der Waals surface area contributed by atoms with E-state index in [1.165, 1.54) is 12.1 Å². The molecule has 4 heteroatoms. The molecule has 0 bridgehead atoms. The molecule has 0 saturated carbocycles. The summed E-state index contributed by atoms with van der Waals surface area (Å²) in [5.41, 5.74) is 1.13. The number of likely N-dealkylation sites (tertiary alicyclic amines) is 1. The Hall–Kier alpha value is -1.44. The predicted molar refractivity (Wildman–Crippen MR) is 71.0 cm³/mol. The van der Waals surface area contributed by atoms with Gasteiger partial charge < -0.3 is 4.74 Å². The van der Waals surface area contributed by atoms with Crippen LogP contribution in [0.25, 0.3) is 0 Å². The Balaban J connectivity index is 1.94. The van der Waals surface area contributed by atoms with E-state index in [9.17, 15) is 4.39 Å². The zero-order valence-corrected chi connectivity index (χ0v) is 11.2. The van der Waals surface area contributed by atoms with Gasteiger partial charge in [0.2, 0.25) is 0 Å². The first-order chi connectivity index (χ1) is 9.22. The molecule has 1 aromatic rings. The first-order valence-electron chi connectivity index (χ1n) is 6.62. The second kappa shape index (κ2) is 6.65. The van der Waals surface area contributed by atoms with E-state index in [1.807, 2.05) is 0 Å². The van der Waals surface area contributed by atoms with Gasteiger partial charge in [-0.2, -0.15) is 5.26 Å². The van der Waals surface area contributed by atoms with Crippen molar-refractivity contribution in [2.45, 2.75) is 19.4 Å². The van der Waals surface area contributed by atoms with Crippen LogP contribution in [-0.2, 0) is 11.3 Å². The van der Waals surface area contributed by atoms with E-state index >= 15 is 0 Å². The average Bonchev–Trinajstić information content (AvgIpc) is 2.44. The fourth-order valence-corrected chi connectivity index (χ4v) is 2.55. The SMILES string of the molecule is COCC1CCN(Cc2cc(C#N)ccc2F)CC1. The van der Waals surface area contributed by atoms with Gasteiger partial charge in [0.15, 0.2) is 0 Å². The molecule has 3 nitrogen and oxygen atoms in total. The summed E-state index contributed by atoms with van der Waals surface area (Å²) < 4.78 is 18.9. The molecule has 102 valence electrons. The number of benzene rings is 1. The molecule has 1 fully saturated rings. The van der Waals surface area contributed by atoms with Crippen molar-refractivity contribution in [3.05, 3.63) is 35.1 Å². The summed E-state index contributed by atoms with van der Waals surface area (Å²) in [6.07, 6.45) is 2.18. The third kappa shape index (κ3) is 3.76.